The second-order valence-corrected chi connectivity index (χ2v) is 4.98. The lowest BCUT2D eigenvalue weighted by molar-refractivity contribution is 0.103. The summed E-state index contributed by atoms with van der Waals surface area (Å²) in [5.41, 5.74) is 7.96. The summed E-state index contributed by atoms with van der Waals surface area (Å²) < 4.78 is 0. The molecular weight excluding hydrogens is 258 g/mol. The number of nitrogens with zero attached hydrogens (tertiary/aromatic N) is 1. The summed E-state index contributed by atoms with van der Waals surface area (Å²) in [5.74, 6) is -0.168. The van der Waals surface area contributed by atoms with Crippen LogP contribution in [0.1, 0.15) is 9.67 Å². The van der Waals surface area contributed by atoms with E-state index < -0.39 is 0 Å². The molecule has 0 aliphatic rings. The van der Waals surface area contributed by atoms with E-state index in [1.54, 1.807) is 12.3 Å². The summed E-state index contributed by atoms with van der Waals surface area (Å²) >= 11 is 1.39. The van der Waals surface area contributed by atoms with Crippen LogP contribution in [-0.2, 0) is 0 Å². The Hall–Kier alpha value is -2.40. The van der Waals surface area contributed by atoms with Crippen LogP contribution in [-0.4, -0.2) is 10.9 Å². The van der Waals surface area contributed by atoms with Crippen molar-refractivity contribution in [2.45, 2.75) is 0 Å². The molecule has 3 N–H and O–H groups in total. The first-order chi connectivity index (χ1) is 9.25. The molecule has 1 aromatic carbocycles. The Morgan fingerprint density at radius 3 is 2.84 bits per heavy atom. The monoisotopic (exact) mass is 269 g/mol. The number of rotatable bonds is 2. The van der Waals surface area contributed by atoms with E-state index in [0.29, 0.717) is 16.3 Å². The third kappa shape index (κ3) is 2.15. The van der Waals surface area contributed by atoms with E-state index in [1.807, 2.05) is 35.7 Å². The average Bonchev–Trinajstić information content (AvgIpc) is 2.96. The van der Waals surface area contributed by atoms with Crippen LogP contribution in [0.5, 0.6) is 0 Å². The number of aromatic nitrogens is 1. The van der Waals surface area contributed by atoms with Crippen molar-refractivity contribution in [1.29, 1.82) is 0 Å². The van der Waals surface area contributed by atoms with Gasteiger partial charge in [-0.05, 0) is 17.5 Å². The number of thiophene rings is 1. The third-order valence-corrected chi connectivity index (χ3v) is 3.68. The molecule has 5 heteroatoms. The third-order valence-electron chi connectivity index (χ3n) is 2.81. The van der Waals surface area contributed by atoms with Gasteiger partial charge in [0.1, 0.15) is 0 Å². The number of nitrogen functional groups attached to an aromatic ring is 1. The van der Waals surface area contributed by atoms with Crippen molar-refractivity contribution in [3.8, 4) is 0 Å². The van der Waals surface area contributed by atoms with E-state index in [-0.39, 0.29) is 5.91 Å². The highest BCUT2D eigenvalue weighted by Gasteiger charge is 2.11. The largest absolute Gasteiger partial charge is 0.396 e. The number of carbonyl (C=O) groups excluding carboxylic acids is 1. The molecule has 0 bridgehead atoms. The van der Waals surface area contributed by atoms with Gasteiger partial charge in [0.25, 0.3) is 5.91 Å². The minimum atomic E-state index is -0.168. The van der Waals surface area contributed by atoms with Crippen LogP contribution < -0.4 is 11.1 Å². The number of para-hydroxylation sites is 1. The van der Waals surface area contributed by atoms with Crippen molar-refractivity contribution in [3.05, 3.63) is 52.9 Å². The molecule has 0 saturated heterocycles. The van der Waals surface area contributed by atoms with Gasteiger partial charge in [-0.25, -0.2) is 0 Å². The molecule has 0 unspecified atom stereocenters. The van der Waals surface area contributed by atoms with Crippen LogP contribution in [0, 0.1) is 0 Å². The maximum atomic E-state index is 12.0. The predicted octanol–water partition coefficient (Wildman–Crippen LogP) is 3.13. The fourth-order valence-corrected chi connectivity index (χ4v) is 2.47. The van der Waals surface area contributed by atoms with Crippen LogP contribution in [0.4, 0.5) is 11.4 Å². The molecule has 19 heavy (non-hydrogen) atoms. The van der Waals surface area contributed by atoms with Gasteiger partial charge in [-0.1, -0.05) is 24.3 Å². The van der Waals surface area contributed by atoms with E-state index in [0.717, 1.165) is 10.9 Å². The van der Waals surface area contributed by atoms with Crippen molar-refractivity contribution in [1.82, 2.24) is 4.98 Å². The molecule has 0 radical (unpaired) electrons. The predicted molar refractivity (Wildman–Crippen MR) is 78.4 cm³/mol. The van der Waals surface area contributed by atoms with E-state index >= 15 is 0 Å². The van der Waals surface area contributed by atoms with Gasteiger partial charge in [-0.3, -0.25) is 9.78 Å². The maximum absolute atomic E-state index is 12.0. The number of amides is 1. The van der Waals surface area contributed by atoms with Crippen LogP contribution >= 0.6 is 11.3 Å². The van der Waals surface area contributed by atoms with Gasteiger partial charge in [0.15, 0.2) is 0 Å². The molecule has 0 spiro atoms. The van der Waals surface area contributed by atoms with E-state index in [1.165, 1.54) is 11.3 Å². The number of fused-ring (bicyclic) bond motifs is 1. The zero-order valence-corrected chi connectivity index (χ0v) is 10.8. The quantitative estimate of drug-likeness (QED) is 0.751. The summed E-state index contributed by atoms with van der Waals surface area (Å²) in [6.07, 6.45) is 1.59. The van der Waals surface area contributed by atoms with Crippen LogP contribution in [0.25, 0.3) is 10.9 Å². The van der Waals surface area contributed by atoms with E-state index in [2.05, 4.69) is 10.3 Å². The number of carbonyl (C=O) groups is 1. The van der Waals surface area contributed by atoms with Gasteiger partial charge in [0, 0.05) is 5.39 Å². The fourth-order valence-electron chi connectivity index (χ4n) is 1.85. The minimum absolute atomic E-state index is 0.168. The smallest absolute Gasteiger partial charge is 0.265 e. The SMILES string of the molecule is Nc1c(NC(=O)c2cccs2)cnc2ccccc12. The highest BCUT2D eigenvalue weighted by Crippen LogP contribution is 2.27. The Balaban J connectivity index is 1.97. The Labute approximate surface area is 113 Å². The Bertz CT molecular complexity index is 738. The van der Waals surface area contributed by atoms with Gasteiger partial charge in [-0.2, -0.15) is 0 Å². The lowest BCUT2D eigenvalue weighted by Crippen LogP contribution is -2.12. The molecule has 2 aromatic heterocycles. The van der Waals surface area contributed by atoms with Gasteiger partial charge in [0.05, 0.1) is 28.0 Å². The number of pyridine rings is 1. The summed E-state index contributed by atoms with van der Waals surface area (Å²) in [7, 11) is 0. The molecular formula is C14H11N3OS. The Morgan fingerprint density at radius 2 is 2.05 bits per heavy atom. The highest BCUT2D eigenvalue weighted by molar-refractivity contribution is 7.12. The zero-order valence-electron chi connectivity index (χ0n) is 9.96. The van der Waals surface area contributed by atoms with Crippen molar-refractivity contribution in [3.63, 3.8) is 0 Å². The van der Waals surface area contributed by atoms with Crippen molar-refractivity contribution in [2.75, 3.05) is 11.1 Å². The first kappa shape index (κ1) is 11.7. The summed E-state index contributed by atoms with van der Waals surface area (Å²) in [6, 6.07) is 11.2. The Kier molecular flexibility index (Phi) is 2.89. The lowest BCUT2D eigenvalue weighted by Gasteiger charge is -2.09. The lowest BCUT2D eigenvalue weighted by atomic mass is 10.1. The fraction of sp³-hybridized carbons (Fsp3) is 0. The molecule has 4 nitrogen and oxygen atoms in total. The number of anilines is 2. The van der Waals surface area contributed by atoms with Crippen LogP contribution in [0.15, 0.2) is 48.0 Å². The molecule has 3 rings (SSSR count). The molecule has 0 aliphatic heterocycles. The van der Waals surface area contributed by atoms with Gasteiger partial charge >= 0.3 is 0 Å². The average molecular weight is 269 g/mol. The van der Waals surface area contributed by atoms with Crippen molar-refractivity contribution in [2.24, 2.45) is 0 Å². The van der Waals surface area contributed by atoms with E-state index in [4.69, 9.17) is 5.73 Å². The normalized spacial score (nSPS) is 10.5. The van der Waals surface area contributed by atoms with E-state index in [9.17, 15) is 4.79 Å². The molecule has 3 aromatic rings. The first-order valence-electron chi connectivity index (χ1n) is 5.74. The molecule has 0 fully saturated rings. The molecule has 2 heterocycles. The molecule has 0 aliphatic carbocycles. The first-order valence-corrected chi connectivity index (χ1v) is 6.62. The van der Waals surface area contributed by atoms with Gasteiger partial charge in [0.2, 0.25) is 0 Å². The number of benzene rings is 1. The Morgan fingerprint density at radius 1 is 1.21 bits per heavy atom. The topological polar surface area (TPSA) is 68.0 Å². The van der Waals surface area contributed by atoms with Gasteiger partial charge in [-0.15, -0.1) is 11.3 Å². The molecule has 94 valence electrons. The number of nitrogens with one attached hydrogen (secondary N) is 1. The maximum Gasteiger partial charge on any atom is 0.265 e. The molecule has 1 amide bonds. The van der Waals surface area contributed by atoms with Crippen molar-refractivity contribution < 1.29 is 4.79 Å². The van der Waals surface area contributed by atoms with Gasteiger partial charge < -0.3 is 11.1 Å². The number of hydrogen-bond donors (Lipinski definition) is 2. The summed E-state index contributed by atoms with van der Waals surface area (Å²) in [4.78, 5) is 16.9. The zero-order chi connectivity index (χ0) is 13.2. The second kappa shape index (κ2) is 4.70. The molecule has 0 saturated carbocycles. The number of nitrogens with two attached hydrogens (primary N) is 1. The second-order valence-electron chi connectivity index (χ2n) is 4.03. The van der Waals surface area contributed by atoms with Crippen molar-refractivity contribution >= 4 is 39.5 Å². The molecule has 0 atom stereocenters. The van der Waals surface area contributed by atoms with Crippen LogP contribution in [0.3, 0.4) is 0 Å². The van der Waals surface area contributed by atoms with Crippen LogP contribution in [0.2, 0.25) is 0 Å². The summed E-state index contributed by atoms with van der Waals surface area (Å²) in [6.45, 7) is 0. The summed E-state index contributed by atoms with van der Waals surface area (Å²) in [5, 5.41) is 5.49. The minimum Gasteiger partial charge on any atom is -0.396 e. The highest BCUT2D eigenvalue weighted by atomic mass is 32.1. The number of hydrogen-bond acceptors (Lipinski definition) is 4. The standard InChI is InChI=1S/C14H11N3OS/c15-13-9-4-1-2-5-10(9)16-8-11(13)17-14(18)12-6-3-7-19-12/h1-8H,(H2,15,16)(H,17,18).